The topological polar surface area (TPSA) is 69.7 Å². The first-order valence-electron chi connectivity index (χ1n) is 10.8. The van der Waals surface area contributed by atoms with Crippen LogP contribution in [0.4, 0.5) is 14.5 Å². The van der Waals surface area contributed by atoms with Crippen molar-refractivity contribution in [2.75, 3.05) is 37.2 Å². The molecular formula is C25H25F2N3O3S. The molecule has 1 saturated heterocycles. The van der Waals surface area contributed by atoms with E-state index in [1.165, 1.54) is 30.3 Å². The van der Waals surface area contributed by atoms with E-state index in [1.807, 2.05) is 0 Å². The molecule has 0 unspecified atom stereocenters. The van der Waals surface area contributed by atoms with Gasteiger partial charge in [-0.25, -0.2) is 17.2 Å². The first-order valence-corrected chi connectivity index (χ1v) is 12.7. The molecule has 9 heteroatoms. The molecular weight excluding hydrogens is 460 g/mol. The normalized spacial score (nSPS) is 14.9. The molecule has 6 nitrogen and oxygen atoms in total. The zero-order valence-corrected chi connectivity index (χ0v) is 19.4. The van der Waals surface area contributed by atoms with Crippen molar-refractivity contribution in [3.05, 3.63) is 101 Å². The number of sulfonamides is 1. The molecule has 1 aliphatic heterocycles. The van der Waals surface area contributed by atoms with Gasteiger partial charge in [0.2, 0.25) is 10.0 Å². The van der Waals surface area contributed by atoms with Gasteiger partial charge in [0.1, 0.15) is 11.6 Å². The van der Waals surface area contributed by atoms with Crippen molar-refractivity contribution in [3.63, 3.8) is 0 Å². The summed E-state index contributed by atoms with van der Waals surface area (Å²) in [5.74, 6) is -0.842. The molecule has 0 atom stereocenters. The van der Waals surface area contributed by atoms with E-state index in [-0.39, 0.29) is 23.6 Å². The zero-order valence-electron chi connectivity index (χ0n) is 18.6. The van der Waals surface area contributed by atoms with Gasteiger partial charge in [0.25, 0.3) is 5.91 Å². The van der Waals surface area contributed by atoms with Gasteiger partial charge in [0.05, 0.1) is 12.3 Å². The number of amides is 1. The van der Waals surface area contributed by atoms with Crippen LogP contribution in [0.2, 0.25) is 0 Å². The monoisotopic (exact) mass is 485 g/mol. The second kappa shape index (κ2) is 9.90. The molecule has 4 rings (SSSR count). The number of hydrogen-bond acceptors (Lipinski definition) is 4. The Labute approximate surface area is 197 Å². The lowest BCUT2D eigenvalue weighted by molar-refractivity contribution is 0.0597. The van der Waals surface area contributed by atoms with Crippen molar-refractivity contribution in [3.8, 4) is 0 Å². The number of benzene rings is 3. The predicted octanol–water partition coefficient (Wildman–Crippen LogP) is 3.88. The van der Waals surface area contributed by atoms with Gasteiger partial charge in [-0.15, -0.1) is 0 Å². The van der Waals surface area contributed by atoms with Crippen LogP contribution in [0.15, 0.2) is 72.8 Å². The maximum Gasteiger partial charge on any atom is 0.254 e. The lowest BCUT2D eigenvalue weighted by atomic mass is 9.96. The molecule has 1 amide bonds. The summed E-state index contributed by atoms with van der Waals surface area (Å²) in [4.78, 5) is 17.0. The Morgan fingerprint density at radius 1 is 0.853 bits per heavy atom. The molecule has 34 heavy (non-hydrogen) atoms. The van der Waals surface area contributed by atoms with Crippen molar-refractivity contribution in [2.24, 2.45) is 0 Å². The van der Waals surface area contributed by atoms with Gasteiger partial charge in [0, 0.05) is 37.4 Å². The van der Waals surface area contributed by atoms with Crippen molar-refractivity contribution in [2.45, 2.75) is 6.04 Å². The number of hydrogen-bond donors (Lipinski definition) is 1. The largest absolute Gasteiger partial charge is 0.336 e. The summed E-state index contributed by atoms with van der Waals surface area (Å²) in [5, 5.41) is 0. The highest BCUT2D eigenvalue weighted by Gasteiger charge is 2.29. The Bertz CT molecular complexity index is 1210. The summed E-state index contributed by atoms with van der Waals surface area (Å²) in [6.45, 7) is 2.04. The highest BCUT2D eigenvalue weighted by atomic mass is 32.2. The minimum absolute atomic E-state index is 0.183. The highest BCUT2D eigenvalue weighted by Crippen LogP contribution is 2.30. The van der Waals surface area contributed by atoms with Gasteiger partial charge >= 0.3 is 0 Å². The number of halogens is 2. The van der Waals surface area contributed by atoms with Gasteiger partial charge in [-0.2, -0.15) is 0 Å². The predicted molar refractivity (Wildman–Crippen MR) is 127 cm³/mol. The quantitative estimate of drug-likeness (QED) is 0.575. The van der Waals surface area contributed by atoms with Crippen LogP contribution in [0.25, 0.3) is 0 Å². The van der Waals surface area contributed by atoms with Crippen molar-refractivity contribution < 1.29 is 22.0 Å². The van der Waals surface area contributed by atoms with E-state index in [1.54, 1.807) is 47.4 Å². The Hall–Kier alpha value is -3.30. The summed E-state index contributed by atoms with van der Waals surface area (Å²) in [7, 11) is -3.45. The second-order valence-electron chi connectivity index (χ2n) is 8.29. The summed E-state index contributed by atoms with van der Waals surface area (Å²) in [5.41, 5.74) is 2.50. The third-order valence-electron chi connectivity index (χ3n) is 5.75. The summed E-state index contributed by atoms with van der Waals surface area (Å²) < 4.78 is 52.4. The second-order valence-corrected chi connectivity index (χ2v) is 10.0. The minimum Gasteiger partial charge on any atom is -0.336 e. The number of nitrogens with zero attached hydrogens (tertiary/aromatic N) is 2. The van der Waals surface area contributed by atoms with Gasteiger partial charge in [-0.1, -0.05) is 30.3 Å². The molecule has 0 aromatic heterocycles. The molecule has 1 aliphatic rings. The fourth-order valence-corrected chi connectivity index (χ4v) is 4.75. The van der Waals surface area contributed by atoms with E-state index >= 15 is 0 Å². The van der Waals surface area contributed by atoms with Crippen LogP contribution < -0.4 is 4.72 Å². The van der Waals surface area contributed by atoms with E-state index in [0.717, 1.165) is 17.4 Å². The van der Waals surface area contributed by atoms with Crippen LogP contribution in [-0.4, -0.2) is 56.6 Å². The van der Waals surface area contributed by atoms with E-state index in [2.05, 4.69) is 9.62 Å². The molecule has 0 saturated carbocycles. The number of carbonyl (C=O) groups excluding carboxylic acids is 1. The number of nitrogens with one attached hydrogen (secondary N) is 1. The zero-order chi connectivity index (χ0) is 24.3. The van der Waals surface area contributed by atoms with Gasteiger partial charge in [-0.05, 0) is 53.6 Å². The number of anilines is 1. The minimum atomic E-state index is -3.45. The lowest BCUT2D eigenvalue weighted by Gasteiger charge is -2.40. The van der Waals surface area contributed by atoms with Crippen LogP contribution in [0.1, 0.15) is 27.5 Å². The van der Waals surface area contributed by atoms with Crippen molar-refractivity contribution in [1.82, 2.24) is 9.80 Å². The van der Waals surface area contributed by atoms with Gasteiger partial charge in [-0.3, -0.25) is 14.4 Å². The summed E-state index contributed by atoms with van der Waals surface area (Å²) >= 11 is 0. The van der Waals surface area contributed by atoms with Gasteiger partial charge in [0.15, 0.2) is 0 Å². The number of carbonyl (C=O) groups is 1. The standard InChI is InChI=1S/C25H25F2N3O3S/c1-34(32,33)28-23-4-2-3-20(17-23)25(31)30-15-13-29(14-16-30)24(18-5-9-21(26)10-6-18)19-7-11-22(27)12-8-19/h2-12,17,24,28H,13-16H2,1H3. The Kier molecular flexibility index (Phi) is 6.95. The molecule has 0 radical (unpaired) electrons. The van der Waals surface area contributed by atoms with E-state index in [4.69, 9.17) is 0 Å². The third-order valence-corrected chi connectivity index (χ3v) is 6.36. The van der Waals surface area contributed by atoms with Crippen molar-refractivity contribution in [1.29, 1.82) is 0 Å². The van der Waals surface area contributed by atoms with Crippen LogP contribution in [0, 0.1) is 11.6 Å². The SMILES string of the molecule is CS(=O)(=O)Nc1cccc(C(=O)N2CCN(C(c3ccc(F)cc3)c3ccc(F)cc3)CC2)c1. The van der Waals surface area contributed by atoms with E-state index in [9.17, 15) is 22.0 Å². The Balaban J connectivity index is 1.50. The van der Waals surface area contributed by atoms with Gasteiger partial charge < -0.3 is 4.90 Å². The third kappa shape index (κ3) is 5.78. The Morgan fingerprint density at radius 2 is 1.38 bits per heavy atom. The van der Waals surface area contributed by atoms with Crippen molar-refractivity contribution >= 4 is 21.6 Å². The maximum absolute atomic E-state index is 13.5. The first kappa shape index (κ1) is 23.8. The molecule has 0 bridgehead atoms. The lowest BCUT2D eigenvalue weighted by Crippen LogP contribution is -2.49. The fourth-order valence-electron chi connectivity index (χ4n) is 4.20. The molecule has 0 spiro atoms. The van der Waals surface area contributed by atoms with Crippen LogP contribution in [0.3, 0.4) is 0 Å². The average molecular weight is 486 g/mol. The summed E-state index contributed by atoms with van der Waals surface area (Å²) in [6.07, 6.45) is 1.05. The molecule has 178 valence electrons. The fraction of sp³-hybridized carbons (Fsp3) is 0.240. The average Bonchev–Trinajstić information content (AvgIpc) is 2.81. The molecule has 0 aliphatic carbocycles. The van der Waals surface area contributed by atoms with E-state index < -0.39 is 10.0 Å². The molecule has 1 N–H and O–H groups in total. The highest BCUT2D eigenvalue weighted by molar-refractivity contribution is 7.92. The van der Waals surface area contributed by atoms with Crippen LogP contribution >= 0.6 is 0 Å². The maximum atomic E-state index is 13.5. The number of rotatable bonds is 6. The summed E-state index contributed by atoms with van der Waals surface area (Å²) in [6, 6.07) is 18.7. The number of piperazine rings is 1. The molecule has 1 heterocycles. The molecule has 1 fully saturated rings. The first-order chi connectivity index (χ1) is 16.2. The van der Waals surface area contributed by atoms with E-state index in [0.29, 0.717) is 37.4 Å². The Morgan fingerprint density at radius 3 is 1.88 bits per heavy atom. The molecule has 3 aromatic rings. The van der Waals surface area contributed by atoms with Crippen LogP contribution in [0.5, 0.6) is 0 Å². The smallest absolute Gasteiger partial charge is 0.254 e. The van der Waals surface area contributed by atoms with Crippen LogP contribution in [-0.2, 0) is 10.0 Å². The molecule has 3 aromatic carbocycles.